The number of carbonyl (C=O) groups excluding carboxylic acids is 2. The van der Waals surface area contributed by atoms with Crippen molar-refractivity contribution in [2.24, 2.45) is 0 Å². The molecule has 0 bridgehead atoms. The molecule has 3 aromatic carbocycles. The number of benzene rings is 3. The van der Waals surface area contributed by atoms with Gasteiger partial charge in [-0.2, -0.15) is 0 Å². The number of halogens is 2. The second kappa shape index (κ2) is 13.6. The van der Waals surface area contributed by atoms with E-state index in [1.54, 1.807) is 24.3 Å². The summed E-state index contributed by atoms with van der Waals surface area (Å²) >= 11 is 6.20. The van der Waals surface area contributed by atoms with Gasteiger partial charge < -0.3 is 10.2 Å². The Bertz CT molecular complexity index is 1390. The van der Waals surface area contributed by atoms with Gasteiger partial charge in [-0.25, -0.2) is 12.8 Å². The second-order valence-corrected chi connectivity index (χ2v) is 11.8. The third-order valence-corrected chi connectivity index (χ3v) is 7.67. The summed E-state index contributed by atoms with van der Waals surface area (Å²) in [6.07, 6.45) is 1.84. The first kappa shape index (κ1) is 30.1. The Labute approximate surface area is 234 Å². The molecule has 0 fully saturated rings. The van der Waals surface area contributed by atoms with Crippen LogP contribution in [0.1, 0.15) is 31.4 Å². The third kappa shape index (κ3) is 8.80. The molecular weight excluding hydrogens is 541 g/mol. The summed E-state index contributed by atoms with van der Waals surface area (Å²) in [7, 11) is -3.97. The topological polar surface area (TPSA) is 86.8 Å². The molecule has 0 saturated heterocycles. The molecule has 0 saturated carbocycles. The maximum Gasteiger partial charge on any atom is 0.244 e. The quantitative estimate of drug-likeness (QED) is 0.337. The first-order valence-electron chi connectivity index (χ1n) is 12.6. The van der Waals surface area contributed by atoms with Crippen LogP contribution < -0.4 is 9.62 Å². The minimum atomic E-state index is -3.97. The highest BCUT2D eigenvalue weighted by atomic mass is 35.5. The molecule has 0 heterocycles. The van der Waals surface area contributed by atoms with Crippen molar-refractivity contribution < 1.29 is 22.4 Å². The maximum absolute atomic E-state index is 14.0. The van der Waals surface area contributed by atoms with Crippen molar-refractivity contribution in [2.45, 2.75) is 45.3 Å². The highest BCUT2D eigenvalue weighted by Crippen LogP contribution is 2.22. The molecule has 3 rings (SSSR count). The lowest BCUT2D eigenvalue weighted by atomic mass is 10.0. The number of hydrogen-bond acceptors (Lipinski definition) is 4. The van der Waals surface area contributed by atoms with Crippen LogP contribution in [-0.2, 0) is 32.6 Å². The van der Waals surface area contributed by atoms with Crippen LogP contribution in [0.5, 0.6) is 0 Å². The fourth-order valence-electron chi connectivity index (χ4n) is 4.07. The Morgan fingerprint density at radius 1 is 0.974 bits per heavy atom. The van der Waals surface area contributed by atoms with Crippen LogP contribution in [0.2, 0.25) is 5.02 Å². The number of anilines is 1. The van der Waals surface area contributed by atoms with E-state index in [1.807, 2.05) is 44.2 Å². The number of amides is 2. The molecule has 3 aromatic rings. The van der Waals surface area contributed by atoms with Crippen molar-refractivity contribution in [3.63, 3.8) is 0 Å². The summed E-state index contributed by atoms with van der Waals surface area (Å²) in [6, 6.07) is 20.1. The molecular formula is C29H33ClFN3O4S. The first-order valence-corrected chi connectivity index (χ1v) is 14.8. The van der Waals surface area contributed by atoms with Gasteiger partial charge in [-0.3, -0.25) is 13.9 Å². The van der Waals surface area contributed by atoms with Crippen molar-refractivity contribution >= 4 is 39.1 Å². The number of nitrogens with zero attached hydrogens (tertiary/aromatic N) is 2. The van der Waals surface area contributed by atoms with E-state index in [4.69, 9.17) is 11.6 Å². The van der Waals surface area contributed by atoms with Crippen LogP contribution in [0.25, 0.3) is 0 Å². The van der Waals surface area contributed by atoms with Gasteiger partial charge in [0.15, 0.2) is 0 Å². The van der Waals surface area contributed by atoms with Crippen molar-refractivity contribution in [3.05, 3.63) is 101 Å². The molecule has 1 N–H and O–H groups in total. The zero-order chi connectivity index (χ0) is 28.6. The lowest BCUT2D eigenvalue weighted by Gasteiger charge is -2.34. The van der Waals surface area contributed by atoms with E-state index < -0.39 is 34.3 Å². The molecule has 208 valence electrons. The smallest absolute Gasteiger partial charge is 0.244 e. The number of hydrogen-bond donors (Lipinski definition) is 1. The van der Waals surface area contributed by atoms with Crippen molar-refractivity contribution in [2.75, 3.05) is 17.1 Å². The van der Waals surface area contributed by atoms with E-state index in [0.29, 0.717) is 17.0 Å². The Morgan fingerprint density at radius 3 is 2.26 bits per heavy atom. The second-order valence-electron chi connectivity index (χ2n) is 9.42. The monoisotopic (exact) mass is 573 g/mol. The Hall–Kier alpha value is -3.43. The van der Waals surface area contributed by atoms with E-state index in [0.717, 1.165) is 22.2 Å². The molecule has 0 unspecified atom stereocenters. The molecule has 7 nitrogen and oxygen atoms in total. The van der Waals surface area contributed by atoms with Crippen molar-refractivity contribution in [3.8, 4) is 0 Å². The maximum atomic E-state index is 14.0. The standard InChI is InChI=1S/C29H33ClFN3O4S/c1-4-21(2)32-29(36)27(17-22-10-6-5-7-11-22)33(19-23-12-8-13-24(30)16-23)28(35)20-34(39(3,37)38)26-15-9-14-25(31)18-26/h5-16,18,21,27H,4,17,19-20H2,1-3H3,(H,32,36)/t21-,27+/m0/s1. The molecule has 10 heteroatoms. The molecule has 0 aromatic heterocycles. The van der Waals surface area contributed by atoms with E-state index in [-0.39, 0.29) is 30.6 Å². The minimum Gasteiger partial charge on any atom is -0.352 e. The lowest BCUT2D eigenvalue weighted by Crippen LogP contribution is -2.54. The summed E-state index contributed by atoms with van der Waals surface area (Å²) in [5.74, 6) is -1.62. The summed E-state index contributed by atoms with van der Waals surface area (Å²) in [5.41, 5.74) is 1.51. The highest BCUT2D eigenvalue weighted by Gasteiger charge is 2.33. The molecule has 0 aliphatic carbocycles. The largest absolute Gasteiger partial charge is 0.352 e. The van der Waals surface area contributed by atoms with Crippen molar-refractivity contribution in [1.29, 1.82) is 0 Å². The van der Waals surface area contributed by atoms with Gasteiger partial charge in [0, 0.05) is 24.0 Å². The number of nitrogens with one attached hydrogen (secondary N) is 1. The van der Waals surface area contributed by atoms with Crippen LogP contribution in [0.4, 0.5) is 10.1 Å². The molecule has 0 aliphatic heterocycles. The Kier molecular flexibility index (Phi) is 10.5. The van der Waals surface area contributed by atoms with Gasteiger partial charge in [-0.05, 0) is 54.8 Å². The lowest BCUT2D eigenvalue weighted by molar-refractivity contribution is -0.140. The van der Waals surface area contributed by atoms with Crippen LogP contribution in [0.15, 0.2) is 78.9 Å². The van der Waals surface area contributed by atoms with E-state index in [2.05, 4.69) is 5.32 Å². The van der Waals surface area contributed by atoms with Crippen LogP contribution in [-0.4, -0.2) is 50.0 Å². The molecule has 2 atom stereocenters. The third-order valence-electron chi connectivity index (χ3n) is 6.29. The molecule has 0 aliphatic rings. The van der Waals surface area contributed by atoms with Gasteiger partial charge in [-0.1, -0.05) is 67.1 Å². The average Bonchev–Trinajstić information content (AvgIpc) is 2.89. The predicted molar refractivity (Wildman–Crippen MR) is 152 cm³/mol. The average molecular weight is 574 g/mol. The Morgan fingerprint density at radius 2 is 1.64 bits per heavy atom. The zero-order valence-corrected chi connectivity index (χ0v) is 23.8. The summed E-state index contributed by atoms with van der Waals surface area (Å²) in [4.78, 5) is 28.9. The van der Waals surface area contributed by atoms with Crippen LogP contribution in [0.3, 0.4) is 0 Å². The predicted octanol–water partition coefficient (Wildman–Crippen LogP) is 4.80. The Balaban J connectivity index is 2.06. The zero-order valence-electron chi connectivity index (χ0n) is 22.2. The van der Waals surface area contributed by atoms with Gasteiger partial charge in [0.1, 0.15) is 18.4 Å². The fourth-order valence-corrected chi connectivity index (χ4v) is 5.13. The number of sulfonamides is 1. The van der Waals surface area contributed by atoms with Gasteiger partial charge in [0.2, 0.25) is 21.8 Å². The first-order chi connectivity index (χ1) is 18.5. The van der Waals surface area contributed by atoms with Gasteiger partial charge in [0.05, 0.1) is 11.9 Å². The number of rotatable bonds is 12. The summed E-state index contributed by atoms with van der Waals surface area (Å²) in [6.45, 7) is 3.20. The molecule has 0 spiro atoms. The van der Waals surface area contributed by atoms with E-state index in [9.17, 15) is 22.4 Å². The SMILES string of the molecule is CC[C@H](C)NC(=O)[C@@H](Cc1ccccc1)N(Cc1cccc(Cl)c1)C(=O)CN(c1cccc(F)c1)S(C)(=O)=O. The fraction of sp³-hybridized carbons (Fsp3) is 0.310. The molecule has 39 heavy (non-hydrogen) atoms. The van der Waals surface area contributed by atoms with E-state index in [1.165, 1.54) is 23.1 Å². The number of carbonyl (C=O) groups is 2. The summed E-state index contributed by atoms with van der Waals surface area (Å²) < 4.78 is 40.3. The van der Waals surface area contributed by atoms with Gasteiger partial charge in [0.25, 0.3) is 0 Å². The van der Waals surface area contributed by atoms with Crippen LogP contribution in [0, 0.1) is 5.82 Å². The van der Waals surface area contributed by atoms with Crippen molar-refractivity contribution in [1.82, 2.24) is 10.2 Å². The summed E-state index contributed by atoms with van der Waals surface area (Å²) in [5, 5.41) is 3.42. The molecule has 0 radical (unpaired) electrons. The van der Waals surface area contributed by atoms with Gasteiger partial charge in [-0.15, -0.1) is 0 Å². The normalized spacial score (nSPS) is 12.8. The molecule has 2 amide bonds. The minimum absolute atomic E-state index is 0.00553. The van der Waals surface area contributed by atoms with E-state index >= 15 is 0 Å². The van der Waals surface area contributed by atoms with Gasteiger partial charge >= 0.3 is 0 Å². The highest BCUT2D eigenvalue weighted by molar-refractivity contribution is 7.92. The van der Waals surface area contributed by atoms with Crippen LogP contribution >= 0.6 is 11.6 Å².